The Kier molecular flexibility index (Phi) is 4.97. The molecule has 2 rings (SSSR count). The van der Waals surface area contributed by atoms with Crippen molar-refractivity contribution in [1.82, 2.24) is 9.62 Å². The predicted molar refractivity (Wildman–Crippen MR) is 78.0 cm³/mol. The summed E-state index contributed by atoms with van der Waals surface area (Å²) in [5, 5.41) is 4.93. The minimum Gasteiger partial charge on any atom is -0.334 e. The minimum absolute atomic E-state index is 0.00854. The molecule has 6 nitrogen and oxygen atoms in total. The average Bonchev–Trinajstić information content (AvgIpc) is 2.36. The minimum atomic E-state index is -3.30. The smallest absolute Gasteiger partial charge is 0.319 e. The molecule has 0 saturated carbocycles. The molecule has 0 aromatic heterocycles. The highest BCUT2D eigenvalue weighted by Gasteiger charge is 2.26. The summed E-state index contributed by atoms with van der Waals surface area (Å²) in [5.41, 5.74) is -0.00854. The van der Waals surface area contributed by atoms with E-state index in [1.54, 1.807) is 0 Å². The van der Waals surface area contributed by atoms with Gasteiger partial charge in [-0.15, -0.1) is 0 Å². The van der Waals surface area contributed by atoms with E-state index in [4.69, 9.17) is 0 Å². The second-order valence-electron chi connectivity index (χ2n) is 5.22. The fraction of sp³-hybridized carbons (Fsp3) is 0.462. The van der Waals surface area contributed by atoms with Gasteiger partial charge in [-0.2, -0.15) is 0 Å². The lowest BCUT2D eigenvalue weighted by Crippen LogP contribution is -2.50. The molecule has 1 aromatic rings. The summed E-state index contributed by atoms with van der Waals surface area (Å²) in [6.45, 7) is 0.609. The number of hydrogen-bond donors (Lipinski definition) is 2. The van der Waals surface area contributed by atoms with Gasteiger partial charge in [-0.1, -0.05) is 0 Å². The Morgan fingerprint density at radius 2 is 1.91 bits per heavy atom. The highest BCUT2D eigenvalue weighted by atomic mass is 32.2. The van der Waals surface area contributed by atoms with Crippen LogP contribution in [0.4, 0.5) is 19.3 Å². The maximum absolute atomic E-state index is 13.0. The van der Waals surface area contributed by atoms with Gasteiger partial charge in [0.05, 0.1) is 6.26 Å². The van der Waals surface area contributed by atoms with Gasteiger partial charge in [-0.05, 0) is 25.0 Å². The SMILES string of the molecule is CS(=O)(=O)N1CCCC(NC(=O)Nc2cc(F)cc(F)c2)C1. The normalized spacial score (nSPS) is 19.7. The third kappa shape index (κ3) is 4.63. The second-order valence-corrected chi connectivity index (χ2v) is 7.20. The number of anilines is 1. The van der Waals surface area contributed by atoms with E-state index >= 15 is 0 Å². The molecule has 1 heterocycles. The Hall–Kier alpha value is -1.74. The quantitative estimate of drug-likeness (QED) is 0.880. The van der Waals surface area contributed by atoms with Gasteiger partial charge >= 0.3 is 6.03 Å². The Balaban J connectivity index is 1.94. The lowest BCUT2D eigenvalue weighted by Gasteiger charge is -2.31. The molecule has 9 heteroatoms. The molecule has 122 valence electrons. The number of hydrogen-bond acceptors (Lipinski definition) is 3. The lowest BCUT2D eigenvalue weighted by molar-refractivity contribution is 0.236. The van der Waals surface area contributed by atoms with Crippen LogP contribution in [0.15, 0.2) is 18.2 Å². The van der Waals surface area contributed by atoms with Gasteiger partial charge in [0.1, 0.15) is 11.6 Å². The van der Waals surface area contributed by atoms with E-state index in [0.29, 0.717) is 25.5 Å². The van der Waals surface area contributed by atoms with E-state index in [1.165, 1.54) is 4.31 Å². The van der Waals surface area contributed by atoms with Crippen LogP contribution >= 0.6 is 0 Å². The molecule has 1 aliphatic heterocycles. The van der Waals surface area contributed by atoms with Crippen LogP contribution < -0.4 is 10.6 Å². The van der Waals surface area contributed by atoms with Crippen LogP contribution in [0, 0.1) is 11.6 Å². The zero-order chi connectivity index (χ0) is 16.3. The third-order valence-corrected chi connectivity index (χ3v) is 4.58. The third-order valence-electron chi connectivity index (χ3n) is 3.31. The standard InChI is InChI=1S/C13H17F2N3O3S/c1-22(20,21)18-4-2-3-11(8-18)16-13(19)17-12-6-9(14)5-10(15)7-12/h5-7,11H,2-4,8H2,1H3,(H2,16,17,19). The topological polar surface area (TPSA) is 78.5 Å². The molecule has 1 atom stereocenters. The van der Waals surface area contributed by atoms with Crippen molar-refractivity contribution in [1.29, 1.82) is 0 Å². The maximum atomic E-state index is 13.0. The lowest BCUT2D eigenvalue weighted by atomic mass is 10.1. The molecule has 1 aliphatic rings. The Labute approximate surface area is 127 Å². The van der Waals surface area contributed by atoms with Crippen molar-refractivity contribution in [2.75, 3.05) is 24.7 Å². The van der Waals surface area contributed by atoms with Crippen molar-refractivity contribution >= 4 is 21.7 Å². The van der Waals surface area contributed by atoms with E-state index in [9.17, 15) is 22.0 Å². The molecule has 22 heavy (non-hydrogen) atoms. The molecule has 1 saturated heterocycles. The van der Waals surface area contributed by atoms with E-state index in [-0.39, 0.29) is 18.3 Å². The number of carbonyl (C=O) groups excluding carboxylic acids is 1. The molecule has 2 N–H and O–H groups in total. The van der Waals surface area contributed by atoms with Crippen molar-refractivity contribution in [2.24, 2.45) is 0 Å². The number of urea groups is 1. The number of nitrogens with zero attached hydrogens (tertiary/aromatic N) is 1. The fourth-order valence-corrected chi connectivity index (χ4v) is 3.25. The highest BCUT2D eigenvalue weighted by molar-refractivity contribution is 7.88. The van der Waals surface area contributed by atoms with Gasteiger partial charge in [0.2, 0.25) is 10.0 Å². The van der Waals surface area contributed by atoms with Crippen LogP contribution in [0.1, 0.15) is 12.8 Å². The number of amides is 2. The molecule has 2 amide bonds. The van der Waals surface area contributed by atoms with Gasteiger partial charge in [-0.3, -0.25) is 0 Å². The van der Waals surface area contributed by atoms with Crippen LogP contribution in [-0.4, -0.2) is 44.1 Å². The van der Waals surface area contributed by atoms with Gasteiger partial charge in [-0.25, -0.2) is 26.3 Å². The molecule has 0 bridgehead atoms. The van der Waals surface area contributed by atoms with E-state index < -0.39 is 27.7 Å². The van der Waals surface area contributed by atoms with Crippen LogP contribution in [0.3, 0.4) is 0 Å². The number of carbonyl (C=O) groups is 1. The highest BCUT2D eigenvalue weighted by Crippen LogP contribution is 2.15. The zero-order valence-corrected chi connectivity index (χ0v) is 12.8. The number of benzene rings is 1. The molecule has 0 aliphatic carbocycles. The van der Waals surface area contributed by atoms with Gasteiger partial charge in [0, 0.05) is 30.9 Å². The first-order chi connectivity index (χ1) is 10.2. The number of rotatable bonds is 3. The van der Waals surface area contributed by atoms with Crippen molar-refractivity contribution in [3.63, 3.8) is 0 Å². The number of sulfonamides is 1. The van der Waals surface area contributed by atoms with E-state index in [0.717, 1.165) is 18.4 Å². The Bertz CT molecular complexity index is 646. The Morgan fingerprint density at radius 1 is 1.27 bits per heavy atom. The maximum Gasteiger partial charge on any atom is 0.319 e. The van der Waals surface area contributed by atoms with Crippen LogP contribution in [0.25, 0.3) is 0 Å². The first kappa shape index (κ1) is 16.6. The average molecular weight is 333 g/mol. The summed E-state index contributed by atoms with van der Waals surface area (Å²) in [6.07, 6.45) is 2.38. The number of piperidine rings is 1. The first-order valence-corrected chi connectivity index (χ1v) is 8.57. The zero-order valence-electron chi connectivity index (χ0n) is 12.0. The summed E-state index contributed by atoms with van der Waals surface area (Å²) in [6, 6.07) is 1.71. The summed E-state index contributed by atoms with van der Waals surface area (Å²) < 4.78 is 50.4. The van der Waals surface area contributed by atoms with Crippen molar-refractivity contribution < 1.29 is 22.0 Å². The van der Waals surface area contributed by atoms with Crippen LogP contribution in [0.5, 0.6) is 0 Å². The molecule has 1 aromatic carbocycles. The summed E-state index contributed by atoms with van der Waals surface area (Å²) in [7, 11) is -3.30. The predicted octanol–water partition coefficient (Wildman–Crippen LogP) is 1.51. The van der Waals surface area contributed by atoms with Gasteiger partial charge in [0.15, 0.2) is 0 Å². The van der Waals surface area contributed by atoms with Gasteiger partial charge < -0.3 is 10.6 Å². The van der Waals surface area contributed by atoms with E-state index in [1.807, 2.05) is 0 Å². The second kappa shape index (κ2) is 6.57. The monoisotopic (exact) mass is 333 g/mol. The van der Waals surface area contributed by atoms with E-state index in [2.05, 4.69) is 10.6 Å². The first-order valence-electron chi connectivity index (χ1n) is 6.73. The number of nitrogens with one attached hydrogen (secondary N) is 2. The molecular formula is C13H17F2N3O3S. The van der Waals surface area contributed by atoms with Crippen LogP contribution in [-0.2, 0) is 10.0 Å². The van der Waals surface area contributed by atoms with Crippen LogP contribution in [0.2, 0.25) is 0 Å². The fourth-order valence-electron chi connectivity index (χ4n) is 2.34. The van der Waals surface area contributed by atoms with Gasteiger partial charge in [0.25, 0.3) is 0 Å². The number of halogens is 2. The molecule has 0 spiro atoms. The van der Waals surface area contributed by atoms with Crippen molar-refractivity contribution in [3.8, 4) is 0 Å². The van der Waals surface area contributed by atoms with Crippen molar-refractivity contribution in [2.45, 2.75) is 18.9 Å². The summed E-state index contributed by atoms with van der Waals surface area (Å²) >= 11 is 0. The van der Waals surface area contributed by atoms with Crippen molar-refractivity contribution in [3.05, 3.63) is 29.8 Å². The summed E-state index contributed by atoms with van der Waals surface area (Å²) in [4.78, 5) is 11.8. The Morgan fingerprint density at radius 3 is 2.50 bits per heavy atom. The largest absolute Gasteiger partial charge is 0.334 e. The molecule has 1 unspecified atom stereocenters. The molecular weight excluding hydrogens is 316 g/mol. The molecule has 1 fully saturated rings. The summed E-state index contributed by atoms with van der Waals surface area (Å²) in [5.74, 6) is -1.59. The molecule has 0 radical (unpaired) electrons.